The quantitative estimate of drug-likeness (QED) is 0.355. The van der Waals surface area contributed by atoms with Gasteiger partial charge in [-0.15, -0.1) is 0 Å². The molecule has 0 radical (unpaired) electrons. The number of aromatic nitrogens is 2. The highest BCUT2D eigenvalue weighted by Crippen LogP contribution is 2.37. The largest absolute Gasteiger partial charge is 0.489 e. The average molecular weight is 569 g/mol. The van der Waals surface area contributed by atoms with E-state index in [1.165, 1.54) is 23.2 Å². The molecule has 1 aromatic heterocycles. The molecule has 9 nitrogen and oxygen atoms in total. The van der Waals surface area contributed by atoms with E-state index in [0.29, 0.717) is 48.4 Å². The standard InChI is InChI=1S/C29H37FN6O3S/c1-20-19-31-28(33-22-9-10-26(24(30)17-22)39-16-15-35-12-5-6-13-35)34-27(20)32-23-8-7-21-11-14-36(25(21)18-23)40(37,38)29(2,3)4/h7-10,17-19H,5-6,11-16H2,1-4H3,(H2,31,32,33,34). The summed E-state index contributed by atoms with van der Waals surface area (Å²) in [5.41, 5.74) is 3.69. The van der Waals surface area contributed by atoms with Gasteiger partial charge >= 0.3 is 0 Å². The van der Waals surface area contributed by atoms with Crippen LogP contribution in [-0.2, 0) is 16.4 Å². The van der Waals surface area contributed by atoms with Crippen LogP contribution in [0.2, 0.25) is 0 Å². The number of halogens is 1. The van der Waals surface area contributed by atoms with Gasteiger partial charge in [-0.3, -0.25) is 9.21 Å². The van der Waals surface area contributed by atoms with Crippen LogP contribution >= 0.6 is 0 Å². The van der Waals surface area contributed by atoms with Crippen molar-refractivity contribution < 1.29 is 17.5 Å². The zero-order chi connectivity index (χ0) is 28.5. The summed E-state index contributed by atoms with van der Waals surface area (Å²) in [6, 6.07) is 10.4. The zero-order valence-electron chi connectivity index (χ0n) is 23.5. The van der Waals surface area contributed by atoms with E-state index in [2.05, 4.69) is 25.5 Å². The molecule has 0 aliphatic carbocycles. The zero-order valence-corrected chi connectivity index (χ0v) is 24.3. The third-order valence-corrected chi connectivity index (χ3v) is 9.80. The molecule has 0 amide bonds. The lowest BCUT2D eigenvalue weighted by Crippen LogP contribution is -2.42. The Kier molecular flexibility index (Phi) is 7.87. The molecular formula is C29H37FN6O3S. The molecule has 2 aliphatic heterocycles. The van der Waals surface area contributed by atoms with E-state index in [-0.39, 0.29) is 5.75 Å². The summed E-state index contributed by atoms with van der Waals surface area (Å²) < 4.78 is 47.3. The fourth-order valence-electron chi connectivity index (χ4n) is 4.89. The maximum absolute atomic E-state index is 14.7. The van der Waals surface area contributed by atoms with Crippen LogP contribution in [0.5, 0.6) is 5.75 Å². The van der Waals surface area contributed by atoms with E-state index >= 15 is 0 Å². The van der Waals surface area contributed by atoms with E-state index in [9.17, 15) is 12.8 Å². The first-order chi connectivity index (χ1) is 19.0. The Morgan fingerprint density at radius 2 is 1.75 bits per heavy atom. The maximum Gasteiger partial charge on any atom is 0.240 e. The van der Waals surface area contributed by atoms with E-state index < -0.39 is 20.6 Å². The van der Waals surface area contributed by atoms with Crippen molar-refractivity contribution in [1.82, 2.24) is 14.9 Å². The van der Waals surface area contributed by atoms with Crippen LogP contribution in [0, 0.1) is 12.7 Å². The minimum atomic E-state index is -3.52. The van der Waals surface area contributed by atoms with Crippen LogP contribution in [0.15, 0.2) is 42.6 Å². The third kappa shape index (κ3) is 6.00. The van der Waals surface area contributed by atoms with Gasteiger partial charge in [0.15, 0.2) is 11.6 Å². The summed E-state index contributed by atoms with van der Waals surface area (Å²) in [6.07, 6.45) is 4.76. The molecule has 214 valence electrons. The van der Waals surface area contributed by atoms with Crippen LogP contribution < -0.4 is 19.7 Å². The first-order valence-electron chi connectivity index (χ1n) is 13.7. The number of benzene rings is 2. The Labute approximate surface area is 235 Å². The number of nitrogens with zero attached hydrogens (tertiary/aromatic N) is 4. The van der Waals surface area contributed by atoms with Crippen molar-refractivity contribution in [3.05, 3.63) is 59.5 Å². The van der Waals surface area contributed by atoms with Crippen molar-refractivity contribution >= 4 is 38.9 Å². The molecule has 0 bridgehead atoms. The van der Waals surface area contributed by atoms with Crippen molar-refractivity contribution in [2.75, 3.05) is 47.7 Å². The predicted octanol–water partition coefficient (Wildman–Crippen LogP) is 5.38. The molecule has 0 unspecified atom stereocenters. The summed E-state index contributed by atoms with van der Waals surface area (Å²) in [4.78, 5) is 11.2. The number of fused-ring (bicyclic) bond motifs is 1. The number of likely N-dealkylation sites (tertiary alicyclic amines) is 1. The molecule has 2 aromatic carbocycles. The Morgan fingerprint density at radius 3 is 2.48 bits per heavy atom. The van der Waals surface area contributed by atoms with Gasteiger partial charge in [-0.2, -0.15) is 4.98 Å². The topological polar surface area (TPSA) is 99.7 Å². The number of anilines is 5. The molecule has 1 saturated heterocycles. The van der Waals surface area contributed by atoms with E-state index in [1.54, 1.807) is 39.1 Å². The van der Waals surface area contributed by atoms with Gasteiger partial charge in [0.25, 0.3) is 0 Å². The molecule has 0 atom stereocenters. The van der Waals surface area contributed by atoms with Crippen LogP contribution in [0.3, 0.4) is 0 Å². The van der Waals surface area contributed by atoms with Gasteiger partial charge in [-0.1, -0.05) is 6.07 Å². The van der Waals surface area contributed by atoms with Gasteiger partial charge in [0.2, 0.25) is 16.0 Å². The highest BCUT2D eigenvalue weighted by Gasteiger charge is 2.38. The Balaban J connectivity index is 1.27. The second-order valence-electron chi connectivity index (χ2n) is 11.3. The molecule has 40 heavy (non-hydrogen) atoms. The van der Waals surface area contributed by atoms with Crippen molar-refractivity contribution in [1.29, 1.82) is 0 Å². The molecule has 3 aromatic rings. The molecule has 1 fully saturated rings. The molecule has 0 spiro atoms. The van der Waals surface area contributed by atoms with Gasteiger partial charge in [-0.25, -0.2) is 17.8 Å². The van der Waals surface area contributed by atoms with E-state index in [0.717, 1.165) is 30.8 Å². The minimum absolute atomic E-state index is 0.219. The second kappa shape index (κ2) is 11.2. The van der Waals surface area contributed by atoms with Crippen LogP contribution in [0.4, 0.5) is 33.2 Å². The van der Waals surface area contributed by atoms with Gasteiger partial charge < -0.3 is 15.4 Å². The van der Waals surface area contributed by atoms with Gasteiger partial charge in [0.05, 0.1) is 10.4 Å². The summed E-state index contributed by atoms with van der Waals surface area (Å²) in [5, 5.41) is 6.35. The summed E-state index contributed by atoms with van der Waals surface area (Å²) in [7, 11) is -3.52. The average Bonchev–Trinajstić information content (AvgIpc) is 3.57. The first kappa shape index (κ1) is 28.1. The number of aryl methyl sites for hydroxylation is 1. The monoisotopic (exact) mass is 568 g/mol. The molecule has 5 rings (SSSR count). The van der Waals surface area contributed by atoms with Crippen LogP contribution in [0.1, 0.15) is 44.7 Å². The number of hydrogen-bond donors (Lipinski definition) is 2. The smallest absolute Gasteiger partial charge is 0.240 e. The van der Waals surface area contributed by atoms with Gasteiger partial charge in [0, 0.05) is 42.3 Å². The maximum atomic E-state index is 14.7. The van der Waals surface area contributed by atoms with Gasteiger partial charge in [0.1, 0.15) is 12.4 Å². The molecule has 0 saturated carbocycles. The number of ether oxygens (including phenoxy) is 1. The first-order valence-corrected chi connectivity index (χ1v) is 15.1. The van der Waals surface area contributed by atoms with Crippen molar-refractivity contribution in [3.8, 4) is 5.75 Å². The Hall–Kier alpha value is -3.44. The van der Waals surface area contributed by atoms with Crippen LogP contribution in [-0.4, -0.2) is 60.8 Å². The number of sulfonamides is 1. The molecule has 3 heterocycles. The third-order valence-electron chi connectivity index (χ3n) is 7.29. The molecule has 2 aliphatic rings. The second-order valence-corrected chi connectivity index (χ2v) is 13.9. The summed E-state index contributed by atoms with van der Waals surface area (Å²) in [5.74, 6) is 0.622. The summed E-state index contributed by atoms with van der Waals surface area (Å²) in [6.45, 7) is 10.8. The van der Waals surface area contributed by atoms with Crippen molar-refractivity contribution in [3.63, 3.8) is 0 Å². The van der Waals surface area contributed by atoms with Gasteiger partial charge in [-0.05, 0) is 89.9 Å². The normalized spacial score (nSPS) is 15.8. The Morgan fingerprint density at radius 1 is 1.02 bits per heavy atom. The van der Waals surface area contributed by atoms with E-state index in [1.807, 2.05) is 25.1 Å². The van der Waals surface area contributed by atoms with Crippen molar-refractivity contribution in [2.45, 2.75) is 51.7 Å². The Bertz CT molecular complexity index is 1490. The van der Waals surface area contributed by atoms with E-state index in [4.69, 9.17) is 4.74 Å². The lowest BCUT2D eigenvalue weighted by atomic mass is 10.1. The number of rotatable bonds is 9. The lowest BCUT2D eigenvalue weighted by Gasteiger charge is -2.28. The predicted molar refractivity (Wildman–Crippen MR) is 157 cm³/mol. The van der Waals surface area contributed by atoms with Crippen molar-refractivity contribution in [2.24, 2.45) is 0 Å². The lowest BCUT2D eigenvalue weighted by molar-refractivity contribution is 0.231. The molecule has 2 N–H and O–H groups in total. The molecule has 11 heteroatoms. The fraction of sp³-hybridized carbons (Fsp3) is 0.448. The number of nitrogens with one attached hydrogen (secondary N) is 2. The highest BCUT2D eigenvalue weighted by atomic mass is 32.2. The highest BCUT2D eigenvalue weighted by molar-refractivity contribution is 7.94. The number of hydrogen-bond acceptors (Lipinski definition) is 8. The SMILES string of the molecule is Cc1cnc(Nc2ccc(OCCN3CCCC3)c(F)c2)nc1Nc1ccc2c(c1)N(S(=O)(=O)C(C)(C)C)CC2. The molecular weight excluding hydrogens is 531 g/mol. The van der Waals surface area contributed by atoms with Crippen LogP contribution in [0.25, 0.3) is 0 Å². The fourth-order valence-corrected chi connectivity index (χ4v) is 6.31. The summed E-state index contributed by atoms with van der Waals surface area (Å²) >= 11 is 0. The minimum Gasteiger partial charge on any atom is -0.489 e.